The summed E-state index contributed by atoms with van der Waals surface area (Å²) < 4.78 is 17.1. The summed E-state index contributed by atoms with van der Waals surface area (Å²) in [6.07, 6.45) is 7.18. The first kappa shape index (κ1) is 30.2. The summed E-state index contributed by atoms with van der Waals surface area (Å²) in [5, 5.41) is 3.31. The molecule has 0 spiro atoms. The number of amides is 1. The van der Waals surface area contributed by atoms with Gasteiger partial charge in [0, 0.05) is 12.5 Å². The Labute approximate surface area is 234 Å². The number of ether oxygens (including phenoxy) is 3. The molecule has 0 fully saturated rings. The van der Waals surface area contributed by atoms with Gasteiger partial charge in [-0.15, -0.1) is 0 Å². The summed E-state index contributed by atoms with van der Waals surface area (Å²) in [6.45, 7) is 5.61. The largest absolute Gasteiger partial charge is 0.497 e. The molecule has 3 rings (SSSR count). The second-order valence-corrected chi connectivity index (χ2v) is 10.2. The fourth-order valence-electron chi connectivity index (χ4n) is 4.46. The van der Waals surface area contributed by atoms with Crippen LogP contribution < -0.4 is 14.8 Å². The zero-order chi connectivity index (χ0) is 27.7. The number of hydrogen-bond donors (Lipinski definition) is 1. The molecule has 0 bridgehead atoms. The van der Waals surface area contributed by atoms with E-state index in [1.165, 1.54) is 11.1 Å². The Kier molecular flexibility index (Phi) is 13.4. The van der Waals surface area contributed by atoms with Crippen molar-refractivity contribution in [1.82, 2.24) is 5.32 Å². The molecule has 5 heteroatoms. The van der Waals surface area contributed by atoms with Gasteiger partial charge in [0.1, 0.15) is 11.5 Å². The molecule has 210 valence electrons. The highest BCUT2D eigenvalue weighted by molar-refractivity contribution is 5.76. The number of carbonyl (C=O) groups excluding carboxylic acids is 1. The van der Waals surface area contributed by atoms with Crippen molar-refractivity contribution in [2.45, 2.75) is 84.0 Å². The zero-order valence-electron chi connectivity index (χ0n) is 23.9. The van der Waals surface area contributed by atoms with Gasteiger partial charge < -0.3 is 19.5 Å². The lowest BCUT2D eigenvalue weighted by atomic mass is 9.99. The second kappa shape index (κ2) is 17.3. The van der Waals surface area contributed by atoms with Gasteiger partial charge in [-0.25, -0.2) is 0 Å². The highest BCUT2D eigenvalue weighted by Gasteiger charge is 2.15. The zero-order valence-corrected chi connectivity index (χ0v) is 23.9. The van der Waals surface area contributed by atoms with Crippen LogP contribution in [0.2, 0.25) is 0 Å². The maximum Gasteiger partial charge on any atom is 0.220 e. The fraction of sp³-hybridized carbons (Fsp3) is 0.441. The number of methoxy groups -OCH3 is 1. The number of rotatable bonds is 18. The minimum atomic E-state index is 0.0777. The minimum absolute atomic E-state index is 0.0777. The Morgan fingerprint density at radius 2 is 1.51 bits per heavy atom. The molecule has 0 saturated heterocycles. The number of nitrogens with one attached hydrogen (secondary N) is 1. The van der Waals surface area contributed by atoms with Gasteiger partial charge in [0.25, 0.3) is 0 Å². The summed E-state index contributed by atoms with van der Waals surface area (Å²) in [6, 6.07) is 26.5. The van der Waals surface area contributed by atoms with Crippen LogP contribution in [0.3, 0.4) is 0 Å². The highest BCUT2D eigenvalue weighted by Crippen LogP contribution is 2.18. The molecule has 0 radical (unpaired) electrons. The number of hydrogen-bond acceptors (Lipinski definition) is 4. The van der Waals surface area contributed by atoms with Crippen LogP contribution in [0.25, 0.3) is 0 Å². The van der Waals surface area contributed by atoms with E-state index < -0.39 is 0 Å². The van der Waals surface area contributed by atoms with Gasteiger partial charge in [-0.1, -0.05) is 67.9 Å². The second-order valence-electron chi connectivity index (χ2n) is 10.2. The van der Waals surface area contributed by atoms with Crippen molar-refractivity contribution in [1.29, 1.82) is 0 Å². The summed E-state index contributed by atoms with van der Waals surface area (Å²) in [5.41, 5.74) is 3.52. The van der Waals surface area contributed by atoms with E-state index in [9.17, 15) is 4.79 Å². The molecule has 3 aromatic rings. The van der Waals surface area contributed by atoms with Crippen molar-refractivity contribution in [3.8, 4) is 11.5 Å². The quantitative estimate of drug-likeness (QED) is 0.175. The van der Waals surface area contributed by atoms with Crippen molar-refractivity contribution >= 4 is 5.91 Å². The Morgan fingerprint density at radius 1 is 0.821 bits per heavy atom. The van der Waals surface area contributed by atoms with Gasteiger partial charge in [-0.05, 0) is 86.4 Å². The van der Waals surface area contributed by atoms with Gasteiger partial charge in [0.05, 0.1) is 26.4 Å². The third-order valence-corrected chi connectivity index (χ3v) is 6.88. The van der Waals surface area contributed by atoms with Gasteiger partial charge in [-0.3, -0.25) is 4.79 Å². The molecule has 0 aliphatic carbocycles. The van der Waals surface area contributed by atoms with Crippen molar-refractivity contribution in [2.75, 3.05) is 13.7 Å². The molecule has 0 aromatic heterocycles. The van der Waals surface area contributed by atoms with Crippen molar-refractivity contribution < 1.29 is 19.0 Å². The molecular weight excluding hydrogens is 486 g/mol. The van der Waals surface area contributed by atoms with Crippen LogP contribution in [0, 0.1) is 0 Å². The number of aryl methyl sites for hydroxylation is 1. The van der Waals surface area contributed by atoms with E-state index in [-0.39, 0.29) is 18.1 Å². The third-order valence-electron chi connectivity index (χ3n) is 6.88. The normalized spacial score (nSPS) is 12.5. The van der Waals surface area contributed by atoms with Crippen LogP contribution in [0.4, 0.5) is 0 Å². The Balaban J connectivity index is 1.49. The fourth-order valence-corrected chi connectivity index (χ4v) is 4.46. The number of carbonyl (C=O) groups is 1. The summed E-state index contributed by atoms with van der Waals surface area (Å²) in [4.78, 5) is 12.9. The van der Waals surface area contributed by atoms with Gasteiger partial charge in [-0.2, -0.15) is 0 Å². The molecule has 0 aliphatic heterocycles. The van der Waals surface area contributed by atoms with Gasteiger partial charge in [0.15, 0.2) is 0 Å². The van der Waals surface area contributed by atoms with Crippen LogP contribution >= 0.6 is 0 Å². The van der Waals surface area contributed by atoms with Crippen molar-refractivity contribution in [2.24, 2.45) is 0 Å². The predicted molar refractivity (Wildman–Crippen MR) is 158 cm³/mol. The van der Waals surface area contributed by atoms with Crippen molar-refractivity contribution in [3.63, 3.8) is 0 Å². The molecule has 2 atom stereocenters. The molecule has 5 nitrogen and oxygen atoms in total. The van der Waals surface area contributed by atoms with E-state index in [2.05, 4.69) is 43.4 Å². The van der Waals surface area contributed by atoms with Crippen LogP contribution in [0.5, 0.6) is 11.5 Å². The molecule has 1 N–H and O–H groups in total. The molecule has 0 heterocycles. The molecule has 0 saturated carbocycles. The summed E-state index contributed by atoms with van der Waals surface area (Å²) in [7, 11) is 1.67. The molecule has 0 aliphatic rings. The van der Waals surface area contributed by atoms with E-state index in [1.54, 1.807) is 7.11 Å². The Hall–Kier alpha value is -3.31. The van der Waals surface area contributed by atoms with E-state index in [0.717, 1.165) is 68.6 Å². The average molecular weight is 532 g/mol. The monoisotopic (exact) mass is 531 g/mol. The maximum atomic E-state index is 12.9. The summed E-state index contributed by atoms with van der Waals surface area (Å²) in [5.74, 6) is 1.85. The average Bonchev–Trinajstić information content (AvgIpc) is 2.97. The van der Waals surface area contributed by atoms with Crippen LogP contribution in [0.1, 0.15) is 69.1 Å². The van der Waals surface area contributed by atoms with Crippen molar-refractivity contribution in [3.05, 3.63) is 95.6 Å². The van der Waals surface area contributed by atoms with Crippen LogP contribution in [-0.2, 0) is 29.0 Å². The first-order chi connectivity index (χ1) is 19.1. The molecule has 1 amide bonds. The lowest BCUT2D eigenvalue weighted by Gasteiger charge is -2.21. The van der Waals surface area contributed by atoms with Crippen LogP contribution in [0.15, 0.2) is 78.9 Å². The maximum absolute atomic E-state index is 12.9. The molecular formula is C34H45NO4. The van der Waals surface area contributed by atoms with E-state index in [4.69, 9.17) is 14.2 Å². The smallest absolute Gasteiger partial charge is 0.220 e. The molecule has 1 unspecified atom stereocenters. The topological polar surface area (TPSA) is 56.8 Å². The lowest BCUT2D eigenvalue weighted by Crippen LogP contribution is -2.36. The first-order valence-corrected chi connectivity index (χ1v) is 14.3. The predicted octanol–water partition coefficient (Wildman–Crippen LogP) is 7.31. The standard InChI is InChI=1S/C34H45NO4/c1-4-5-24-38-33-21-14-29(15-22-33)25-31(35-34(36)23-18-28-11-7-6-8-12-28)13-9-10-27(2)39-26-30-16-19-32(37-3)20-17-30/h6-8,11-12,14-17,19-22,27,31H,4-5,9-10,13,18,23-26H2,1-3H3,(H,35,36)/t27?,31-/m1/s1. The number of benzene rings is 3. The molecule has 39 heavy (non-hydrogen) atoms. The lowest BCUT2D eigenvalue weighted by molar-refractivity contribution is -0.121. The van der Waals surface area contributed by atoms with Gasteiger partial charge >= 0.3 is 0 Å². The highest BCUT2D eigenvalue weighted by atomic mass is 16.5. The minimum Gasteiger partial charge on any atom is -0.497 e. The third kappa shape index (κ3) is 12.0. The SMILES string of the molecule is CCCCOc1ccc(C[C@@H](CCCC(C)OCc2ccc(OC)cc2)NC(=O)CCc2ccccc2)cc1. The van der Waals surface area contributed by atoms with E-state index >= 15 is 0 Å². The first-order valence-electron chi connectivity index (χ1n) is 14.3. The Bertz CT molecular complexity index is 1070. The number of unbranched alkanes of at least 4 members (excludes halogenated alkanes) is 1. The van der Waals surface area contributed by atoms with Gasteiger partial charge in [0.2, 0.25) is 5.91 Å². The van der Waals surface area contributed by atoms with Crippen LogP contribution in [-0.4, -0.2) is 31.8 Å². The van der Waals surface area contributed by atoms with E-state index in [1.807, 2.05) is 54.6 Å². The Morgan fingerprint density at radius 3 is 2.21 bits per heavy atom. The molecule has 3 aromatic carbocycles. The van der Waals surface area contributed by atoms with E-state index in [0.29, 0.717) is 13.0 Å². The summed E-state index contributed by atoms with van der Waals surface area (Å²) >= 11 is 0.